The van der Waals surface area contributed by atoms with E-state index in [2.05, 4.69) is 20.2 Å². The third kappa shape index (κ3) is 2.46. The van der Waals surface area contributed by atoms with Gasteiger partial charge in [-0.3, -0.25) is 4.68 Å². The zero-order chi connectivity index (χ0) is 17.5. The lowest BCUT2D eigenvalue weighted by atomic mass is 10.2. The Balaban J connectivity index is 1.53. The summed E-state index contributed by atoms with van der Waals surface area (Å²) < 4.78 is 9.09. The molecule has 0 saturated carbocycles. The van der Waals surface area contributed by atoms with Crippen molar-refractivity contribution in [3.63, 3.8) is 0 Å². The number of fused-ring (bicyclic) bond motifs is 1. The molecule has 0 aliphatic carbocycles. The van der Waals surface area contributed by atoms with E-state index < -0.39 is 0 Å². The van der Waals surface area contributed by atoms with Gasteiger partial charge in [-0.2, -0.15) is 10.2 Å². The molecule has 0 fully saturated rings. The molecule has 4 aromatic heterocycles. The zero-order valence-corrected chi connectivity index (χ0v) is 13.9. The van der Waals surface area contributed by atoms with Gasteiger partial charge in [0, 0.05) is 36.6 Å². The summed E-state index contributed by atoms with van der Waals surface area (Å²) in [4.78, 5) is 9.19. The Labute approximate surface area is 148 Å². The Morgan fingerprint density at radius 1 is 0.923 bits per heavy atom. The van der Waals surface area contributed by atoms with Gasteiger partial charge in [-0.25, -0.2) is 14.5 Å². The van der Waals surface area contributed by atoms with Crippen LogP contribution in [-0.4, -0.2) is 29.4 Å². The molecule has 0 aliphatic rings. The molecule has 7 nitrogen and oxygen atoms in total. The maximum atomic E-state index is 5.62. The molecular weight excluding hydrogens is 328 g/mol. The minimum absolute atomic E-state index is 0.470. The molecule has 0 unspecified atom stereocenters. The van der Waals surface area contributed by atoms with Crippen LogP contribution in [-0.2, 0) is 7.05 Å². The van der Waals surface area contributed by atoms with Gasteiger partial charge in [0.05, 0.1) is 11.9 Å². The third-order valence-electron chi connectivity index (χ3n) is 4.12. The highest BCUT2D eigenvalue weighted by atomic mass is 16.3. The number of aromatic nitrogens is 6. The van der Waals surface area contributed by atoms with Crippen LogP contribution < -0.4 is 0 Å². The largest absolute Gasteiger partial charge is 0.443 e. The lowest BCUT2D eigenvalue weighted by Gasteiger charge is -1.96. The molecule has 0 aliphatic heterocycles. The van der Waals surface area contributed by atoms with E-state index in [1.165, 1.54) is 0 Å². The first-order valence-electron chi connectivity index (χ1n) is 8.13. The fourth-order valence-corrected chi connectivity index (χ4v) is 2.83. The number of hydrogen-bond donors (Lipinski definition) is 0. The summed E-state index contributed by atoms with van der Waals surface area (Å²) in [5.74, 6) is 0.470. The van der Waals surface area contributed by atoms with Crippen LogP contribution in [0.2, 0.25) is 0 Å². The Bertz CT molecular complexity index is 1200. The Morgan fingerprint density at radius 2 is 1.81 bits per heavy atom. The van der Waals surface area contributed by atoms with E-state index in [9.17, 15) is 0 Å². The van der Waals surface area contributed by atoms with Gasteiger partial charge < -0.3 is 4.42 Å². The number of benzene rings is 1. The first kappa shape index (κ1) is 14.6. The second-order valence-corrected chi connectivity index (χ2v) is 5.95. The average molecular weight is 342 g/mol. The van der Waals surface area contributed by atoms with E-state index in [4.69, 9.17) is 4.42 Å². The number of oxazole rings is 1. The first-order chi connectivity index (χ1) is 12.8. The standard InChI is InChI=1S/C19H14N6O/c1-24-11-14(10-20-24)15-7-8-25-18(21-15)9-16(23-25)19-22-17(12-26-19)13-5-3-2-4-6-13/h2-12H,1H3. The molecule has 0 bridgehead atoms. The zero-order valence-electron chi connectivity index (χ0n) is 13.9. The second kappa shape index (κ2) is 5.66. The van der Waals surface area contributed by atoms with E-state index in [0.717, 1.165) is 28.2 Å². The highest BCUT2D eigenvalue weighted by molar-refractivity contribution is 5.65. The average Bonchev–Trinajstić information content (AvgIpc) is 3.40. The lowest BCUT2D eigenvalue weighted by Crippen LogP contribution is -1.91. The minimum atomic E-state index is 0.470. The van der Waals surface area contributed by atoms with Crippen molar-refractivity contribution in [2.45, 2.75) is 0 Å². The second-order valence-electron chi connectivity index (χ2n) is 5.95. The van der Waals surface area contributed by atoms with Crippen LogP contribution in [0.4, 0.5) is 0 Å². The van der Waals surface area contributed by atoms with Crippen LogP contribution in [0.1, 0.15) is 0 Å². The molecule has 7 heteroatoms. The summed E-state index contributed by atoms with van der Waals surface area (Å²) in [6.45, 7) is 0. The SMILES string of the molecule is Cn1cc(-c2ccn3nc(-c4nc(-c5ccccc5)co4)cc3n2)cn1. The van der Waals surface area contributed by atoms with E-state index in [-0.39, 0.29) is 0 Å². The molecular formula is C19H14N6O. The van der Waals surface area contributed by atoms with Crippen molar-refractivity contribution in [2.75, 3.05) is 0 Å². The fourth-order valence-electron chi connectivity index (χ4n) is 2.83. The molecule has 5 aromatic rings. The smallest absolute Gasteiger partial charge is 0.247 e. The molecule has 126 valence electrons. The summed E-state index contributed by atoms with van der Waals surface area (Å²) >= 11 is 0. The molecule has 0 saturated heterocycles. The highest BCUT2D eigenvalue weighted by Gasteiger charge is 2.13. The van der Waals surface area contributed by atoms with Gasteiger partial charge in [0.25, 0.3) is 0 Å². The predicted molar refractivity (Wildman–Crippen MR) is 96.1 cm³/mol. The van der Waals surface area contributed by atoms with Crippen molar-refractivity contribution in [1.82, 2.24) is 29.4 Å². The van der Waals surface area contributed by atoms with E-state index >= 15 is 0 Å². The first-order valence-corrected chi connectivity index (χ1v) is 8.13. The number of rotatable bonds is 3. The van der Waals surface area contributed by atoms with Gasteiger partial charge in [-0.15, -0.1) is 0 Å². The van der Waals surface area contributed by atoms with Crippen molar-refractivity contribution in [2.24, 2.45) is 7.05 Å². The normalized spacial score (nSPS) is 11.3. The molecule has 1 aromatic carbocycles. The quantitative estimate of drug-likeness (QED) is 0.502. The van der Waals surface area contributed by atoms with Crippen molar-refractivity contribution in [3.05, 3.63) is 67.3 Å². The molecule has 0 atom stereocenters. The van der Waals surface area contributed by atoms with Crippen LogP contribution in [0.15, 0.2) is 71.7 Å². The third-order valence-corrected chi connectivity index (χ3v) is 4.12. The summed E-state index contributed by atoms with van der Waals surface area (Å²) in [5.41, 5.74) is 4.95. The maximum absolute atomic E-state index is 5.62. The van der Waals surface area contributed by atoms with Crippen molar-refractivity contribution in [1.29, 1.82) is 0 Å². The summed E-state index contributed by atoms with van der Waals surface area (Å²) in [5, 5.41) is 8.69. The topological polar surface area (TPSA) is 74.0 Å². The van der Waals surface area contributed by atoms with Crippen LogP contribution in [0.5, 0.6) is 0 Å². The highest BCUT2D eigenvalue weighted by Crippen LogP contribution is 2.25. The molecule has 5 rings (SSSR count). The number of nitrogens with zero attached hydrogens (tertiary/aromatic N) is 6. The van der Waals surface area contributed by atoms with Gasteiger partial charge in [0.15, 0.2) is 11.3 Å². The molecule has 0 amide bonds. The summed E-state index contributed by atoms with van der Waals surface area (Å²) in [6, 6.07) is 13.7. The summed E-state index contributed by atoms with van der Waals surface area (Å²) in [6.07, 6.45) is 7.23. The van der Waals surface area contributed by atoms with Crippen LogP contribution in [0.25, 0.3) is 39.7 Å². The van der Waals surface area contributed by atoms with Gasteiger partial charge in [0.1, 0.15) is 12.0 Å². The number of hydrogen-bond acceptors (Lipinski definition) is 5. The molecule has 0 spiro atoms. The minimum Gasteiger partial charge on any atom is -0.443 e. The molecule has 0 radical (unpaired) electrons. The Morgan fingerprint density at radius 3 is 2.62 bits per heavy atom. The van der Waals surface area contributed by atoms with E-state index in [1.807, 2.05) is 61.9 Å². The number of aryl methyl sites for hydroxylation is 1. The Hall–Kier alpha value is -3.74. The van der Waals surface area contributed by atoms with Crippen LogP contribution in [0, 0.1) is 0 Å². The fraction of sp³-hybridized carbons (Fsp3) is 0.0526. The molecule has 4 heterocycles. The predicted octanol–water partition coefficient (Wildman–Crippen LogP) is 3.45. The summed E-state index contributed by atoms with van der Waals surface area (Å²) in [7, 11) is 1.88. The van der Waals surface area contributed by atoms with Crippen LogP contribution in [0.3, 0.4) is 0 Å². The van der Waals surface area contributed by atoms with Gasteiger partial charge >= 0.3 is 0 Å². The lowest BCUT2D eigenvalue weighted by molar-refractivity contribution is 0.571. The van der Waals surface area contributed by atoms with Gasteiger partial charge in [0.2, 0.25) is 5.89 Å². The van der Waals surface area contributed by atoms with Crippen molar-refractivity contribution in [3.8, 4) is 34.1 Å². The van der Waals surface area contributed by atoms with E-state index in [1.54, 1.807) is 21.7 Å². The monoisotopic (exact) mass is 342 g/mol. The van der Waals surface area contributed by atoms with Gasteiger partial charge in [-0.05, 0) is 6.07 Å². The van der Waals surface area contributed by atoms with E-state index in [0.29, 0.717) is 11.6 Å². The molecule has 26 heavy (non-hydrogen) atoms. The van der Waals surface area contributed by atoms with Crippen molar-refractivity contribution < 1.29 is 4.42 Å². The van der Waals surface area contributed by atoms with Crippen molar-refractivity contribution >= 4 is 5.65 Å². The molecule has 0 N–H and O–H groups in total. The Kier molecular flexibility index (Phi) is 3.18. The van der Waals surface area contributed by atoms with Gasteiger partial charge in [-0.1, -0.05) is 30.3 Å². The van der Waals surface area contributed by atoms with Crippen LogP contribution >= 0.6 is 0 Å². The maximum Gasteiger partial charge on any atom is 0.247 e.